The van der Waals surface area contributed by atoms with Crippen LogP contribution < -0.4 is 5.43 Å². The number of hydrogen-bond donors (Lipinski definition) is 1. The van der Waals surface area contributed by atoms with E-state index >= 15 is 0 Å². The topological polar surface area (TPSA) is 67.9 Å². The highest BCUT2D eigenvalue weighted by Gasteiger charge is 2.58. The van der Waals surface area contributed by atoms with Gasteiger partial charge in [0.15, 0.2) is 0 Å². The molecule has 0 aromatic rings. The Morgan fingerprint density at radius 1 is 1.22 bits per heavy atom. The quantitative estimate of drug-likeness (QED) is 0.271. The van der Waals surface area contributed by atoms with E-state index in [1.54, 1.807) is 27.7 Å². The molecule has 0 fully saturated rings. The summed E-state index contributed by atoms with van der Waals surface area (Å²) in [5.41, 5.74) is 4.59. The van der Waals surface area contributed by atoms with Crippen LogP contribution in [0.15, 0.2) is 35.1 Å². The van der Waals surface area contributed by atoms with Gasteiger partial charge in [-0.05, 0) is 72.6 Å². The fourth-order valence-electron chi connectivity index (χ4n) is 4.55. The standard InChI is InChI=1S/C25H42N2O4Si/c1-16(2)20-12-11-19(7)21(13-20)14-25(15-22(25)32(8,9)10)27(24(29)31-18(5)6)26-23(28)30-17(3)4/h11,15,17-18,20-21H,1,12-14H2,2-10H3,(H,26,28)/t20-,21+,25?/m0/s1. The molecule has 0 saturated carbocycles. The summed E-state index contributed by atoms with van der Waals surface area (Å²) in [6, 6.07) is 0. The van der Waals surface area contributed by atoms with Crippen molar-refractivity contribution in [2.45, 2.75) is 98.2 Å². The van der Waals surface area contributed by atoms with Gasteiger partial charge in [0.05, 0.1) is 20.3 Å². The zero-order valence-corrected chi connectivity index (χ0v) is 22.4. The molecule has 0 aromatic carbocycles. The number of amides is 2. The Bertz CT molecular complexity index is 809. The largest absolute Gasteiger partial charge is 0.446 e. The summed E-state index contributed by atoms with van der Waals surface area (Å²) < 4.78 is 10.9. The predicted octanol–water partition coefficient (Wildman–Crippen LogP) is 6.38. The highest BCUT2D eigenvalue weighted by molar-refractivity contribution is 6.84. The van der Waals surface area contributed by atoms with Crippen LogP contribution in [-0.4, -0.2) is 43.0 Å². The van der Waals surface area contributed by atoms with Crippen LogP contribution in [0.2, 0.25) is 19.6 Å². The maximum absolute atomic E-state index is 13.2. The third kappa shape index (κ3) is 6.27. The van der Waals surface area contributed by atoms with Crippen LogP contribution in [0.5, 0.6) is 0 Å². The molecule has 2 aliphatic rings. The highest BCUT2D eigenvalue weighted by atomic mass is 28.3. The summed E-state index contributed by atoms with van der Waals surface area (Å²) in [7, 11) is -1.75. The minimum atomic E-state index is -1.75. The zero-order valence-electron chi connectivity index (χ0n) is 21.4. The van der Waals surface area contributed by atoms with Crippen LogP contribution in [0.1, 0.15) is 60.8 Å². The number of rotatable bonds is 7. The van der Waals surface area contributed by atoms with Gasteiger partial charge in [-0.15, -0.1) is 0 Å². The third-order valence-corrected chi connectivity index (χ3v) is 8.42. The van der Waals surface area contributed by atoms with E-state index < -0.39 is 25.8 Å². The molecule has 0 bridgehead atoms. The van der Waals surface area contributed by atoms with Crippen molar-refractivity contribution in [3.8, 4) is 0 Å². The molecule has 0 saturated heterocycles. The second-order valence-corrected chi connectivity index (χ2v) is 16.0. The number of nitrogens with zero attached hydrogens (tertiary/aromatic N) is 1. The van der Waals surface area contributed by atoms with Crippen molar-refractivity contribution in [2.75, 3.05) is 0 Å². The lowest BCUT2D eigenvalue weighted by atomic mass is 9.75. The van der Waals surface area contributed by atoms with Crippen molar-refractivity contribution in [3.63, 3.8) is 0 Å². The predicted molar refractivity (Wildman–Crippen MR) is 132 cm³/mol. The van der Waals surface area contributed by atoms with Crippen LogP contribution in [0.3, 0.4) is 0 Å². The van der Waals surface area contributed by atoms with E-state index in [0.717, 1.165) is 12.8 Å². The first kappa shape index (κ1) is 26.2. The molecule has 0 spiro atoms. The van der Waals surface area contributed by atoms with E-state index in [1.165, 1.54) is 21.4 Å². The van der Waals surface area contributed by atoms with Crippen molar-refractivity contribution in [1.29, 1.82) is 0 Å². The summed E-state index contributed by atoms with van der Waals surface area (Å²) in [5, 5.41) is 2.64. The summed E-state index contributed by atoms with van der Waals surface area (Å²) in [6.07, 6.45) is 5.38. The molecular weight excluding hydrogens is 420 g/mol. The Morgan fingerprint density at radius 3 is 2.28 bits per heavy atom. The zero-order chi connectivity index (χ0) is 24.4. The molecule has 6 nitrogen and oxygen atoms in total. The van der Waals surface area contributed by atoms with Gasteiger partial charge in [0.2, 0.25) is 0 Å². The first-order valence-electron chi connectivity index (χ1n) is 11.7. The molecule has 3 atom stereocenters. The fourth-order valence-corrected chi connectivity index (χ4v) is 6.74. The number of hydrazine groups is 1. The van der Waals surface area contributed by atoms with Gasteiger partial charge >= 0.3 is 12.2 Å². The monoisotopic (exact) mass is 462 g/mol. The average Bonchev–Trinajstić information content (AvgIpc) is 3.35. The summed E-state index contributed by atoms with van der Waals surface area (Å²) >= 11 is 0. The Hall–Kier alpha value is -2.02. The van der Waals surface area contributed by atoms with E-state index in [9.17, 15) is 9.59 Å². The van der Waals surface area contributed by atoms with Gasteiger partial charge in [-0.2, -0.15) is 0 Å². The number of hydrogen-bond acceptors (Lipinski definition) is 4. The lowest BCUT2D eigenvalue weighted by Gasteiger charge is -2.39. The Morgan fingerprint density at radius 2 is 1.81 bits per heavy atom. The van der Waals surface area contributed by atoms with Crippen molar-refractivity contribution in [2.24, 2.45) is 11.8 Å². The van der Waals surface area contributed by atoms with Crippen molar-refractivity contribution < 1.29 is 19.1 Å². The van der Waals surface area contributed by atoms with Gasteiger partial charge in [-0.25, -0.2) is 20.0 Å². The molecule has 1 unspecified atom stereocenters. The summed E-state index contributed by atoms with van der Waals surface area (Å²) in [5.74, 6) is 0.720. The molecule has 2 aliphatic carbocycles. The molecule has 7 heteroatoms. The molecule has 0 radical (unpaired) electrons. The molecule has 1 N–H and O–H groups in total. The van der Waals surface area contributed by atoms with E-state index in [-0.39, 0.29) is 18.1 Å². The van der Waals surface area contributed by atoms with Crippen molar-refractivity contribution in [1.82, 2.24) is 10.4 Å². The highest BCUT2D eigenvalue weighted by Crippen LogP contribution is 2.52. The van der Waals surface area contributed by atoms with Gasteiger partial charge < -0.3 is 9.47 Å². The van der Waals surface area contributed by atoms with Crippen molar-refractivity contribution >= 4 is 20.3 Å². The van der Waals surface area contributed by atoms with E-state index in [1.807, 2.05) is 0 Å². The first-order chi connectivity index (χ1) is 14.7. The molecule has 0 aromatic heterocycles. The third-order valence-electron chi connectivity index (χ3n) is 6.23. The fraction of sp³-hybridized carbons (Fsp3) is 0.680. The lowest BCUT2D eigenvalue weighted by molar-refractivity contribution is 0.0258. The molecular formula is C25H42N2O4Si. The Kier molecular flexibility index (Phi) is 8.08. The SMILES string of the molecule is C=C(C)[C@H]1CC=C(C)[C@@H](CC2(N(NC(=O)OC(C)C)C(=O)OC(C)C)C=C2[Si](C)(C)C)C1. The molecule has 2 rings (SSSR count). The summed E-state index contributed by atoms with van der Waals surface area (Å²) in [4.78, 5) is 25.8. The Labute approximate surface area is 195 Å². The van der Waals surface area contributed by atoms with E-state index in [2.05, 4.69) is 57.6 Å². The number of carbonyl (C=O) groups is 2. The second kappa shape index (κ2) is 9.85. The van der Waals surface area contributed by atoms with Gasteiger partial charge in [-0.1, -0.05) is 54.7 Å². The number of ether oxygens (including phenoxy) is 2. The van der Waals surface area contributed by atoms with E-state index in [0.29, 0.717) is 12.3 Å². The van der Waals surface area contributed by atoms with Crippen LogP contribution in [0.4, 0.5) is 9.59 Å². The van der Waals surface area contributed by atoms with Gasteiger partial charge in [-0.3, -0.25) is 0 Å². The minimum absolute atomic E-state index is 0.285. The maximum Gasteiger partial charge on any atom is 0.430 e. The molecule has 0 aliphatic heterocycles. The minimum Gasteiger partial charge on any atom is -0.446 e. The first-order valence-corrected chi connectivity index (χ1v) is 15.2. The lowest BCUT2D eigenvalue weighted by Crippen LogP contribution is -2.58. The van der Waals surface area contributed by atoms with Crippen LogP contribution in [-0.2, 0) is 9.47 Å². The van der Waals surface area contributed by atoms with Crippen LogP contribution >= 0.6 is 0 Å². The molecule has 0 heterocycles. The number of carbonyl (C=O) groups excluding carboxylic acids is 2. The van der Waals surface area contributed by atoms with Crippen molar-refractivity contribution in [3.05, 3.63) is 35.1 Å². The normalized spacial score (nSPS) is 25.1. The van der Waals surface area contributed by atoms with Crippen LogP contribution in [0.25, 0.3) is 0 Å². The smallest absolute Gasteiger partial charge is 0.430 e. The number of allylic oxidation sites excluding steroid dienone is 3. The maximum atomic E-state index is 13.2. The summed E-state index contributed by atoms with van der Waals surface area (Å²) in [6.45, 7) is 22.4. The van der Waals surface area contributed by atoms with Gasteiger partial charge in [0, 0.05) is 0 Å². The number of nitrogens with one attached hydrogen (secondary N) is 1. The van der Waals surface area contributed by atoms with Crippen LogP contribution in [0, 0.1) is 11.8 Å². The Balaban J connectivity index is 2.41. The second-order valence-electron chi connectivity index (χ2n) is 10.9. The molecule has 2 amide bonds. The van der Waals surface area contributed by atoms with E-state index in [4.69, 9.17) is 9.47 Å². The van der Waals surface area contributed by atoms with Gasteiger partial charge in [0.1, 0.15) is 5.54 Å². The molecule has 32 heavy (non-hydrogen) atoms. The van der Waals surface area contributed by atoms with Gasteiger partial charge in [0.25, 0.3) is 0 Å². The average molecular weight is 463 g/mol. The molecule has 180 valence electrons.